The summed E-state index contributed by atoms with van der Waals surface area (Å²) in [7, 11) is 0. The van der Waals surface area contributed by atoms with Gasteiger partial charge in [0.25, 0.3) is 0 Å². The van der Waals surface area contributed by atoms with Crippen molar-refractivity contribution in [1.29, 1.82) is 0 Å². The van der Waals surface area contributed by atoms with Gasteiger partial charge in [0, 0.05) is 6.54 Å². The molecule has 0 saturated carbocycles. The molecular formula is C19H37N7O6S2. The second-order valence-electron chi connectivity index (χ2n) is 7.32. The van der Waals surface area contributed by atoms with Crippen LogP contribution in [0.5, 0.6) is 0 Å². The smallest absolute Gasteiger partial charge is 0.326 e. The number of hydrogen-bond acceptors (Lipinski definition) is 9. The number of nitrogens with one attached hydrogen (secondary N) is 3. The molecule has 4 unspecified atom stereocenters. The highest BCUT2D eigenvalue weighted by molar-refractivity contribution is 7.98. The third kappa shape index (κ3) is 13.5. The summed E-state index contributed by atoms with van der Waals surface area (Å²) in [6.07, 6.45) is 4.67. The normalized spacial score (nSPS) is 14.2. The predicted molar refractivity (Wildman–Crippen MR) is 134 cm³/mol. The molecule has 0 fully saturated rings. The van der Waals surface area contributed by atoms with Crippen LogP contribution in [0.4, 0.5) is 0 Å². The zero-order valence-electron chi connectivity index (χ0n) is 19.5. The molecule has 0 saturated heterocycles. The molecule has 13 nitrogen and oxygen atoms in total. The number of aliphatic hydroxyl groups excluding tert-OH is 1. The molecule has 196 valence electrons. The number of nitrogens with zero attached hydrogens (tertiary/aromatic N) is 1. The van der Waals surface area contributed by atoms with Gasteiger partial charge in [-0.25, -0.2) is 4.79 Å². The highest BCUT2D eigenvalue weighted by atomic mass is 32.2. The number of thioether (sulfide) groups is 2. The highest BCUT2D eigenvalue weighted by Gasteiger charge is 2.29. The summed E-state index contributed by atoms with van der Waals surface area (Å²) in [5.41, 5.74) is 16.3. The van der Waals surface area contributed by atoms with Crippen molar-refractivity contribution in [3.05, 3.63) is 0 Å². The Morgan fingerprint density at radius 3 is 1.91 bits per heavy atom. The first kappa shape index (κ1) is 31.8. The van der Waals surface area contributed by atoms with Crippen LogP contribution in [0.1, 0.15) is 25.7 Å². The lowest BCUT2D eigenvalue weighted by molar-refractivity contribution is -0.142. The monoisotopic (exact) mass is 523 g/mol. The first-order valence-corrected chi connectivity index (χ1v) is 13.4. The van der Waals surface area contributed by atoms with E-state index < -0.39 is 54.5 Å². The number of guanidine groups is 1. The Bertz CT molecular complexity index is 694. The average molecular weight is 524 g/mol. The summed E-state index contributed by atoms with van der Waals surface area (Å²) in [6, 6.07) is -4.44. The number of aliphatic imine (C=N–C) groups is 1. The third-order valence-corrected chi connectivity index (χ3v) is 5.88. The lowest BCUT2D eigenvalue weighted by atomic mass is 10.1. The average Bonchev–Trinajstić information content (AvgIpc) is 2.79. The van der Waals surface area contributed by atoms with Gasteiger partial charge in [-0.1, -0.05) is 0 Å². The van der Waals surface area contributed by atoms with Gasteiger partial charge in [-0.3, -0.25) is 19.4 Å². The van der Waals surface area contributed by atoms with E-state index in [1.54, 1.807) is 0 Å². The van der Waals surface area contributed by atoms with Gasteiger partial charge in [0.05, 0.1) is 12.6 Å². The van der Waals surface area contributed by atoms with Gasteiger partial charge < -0.3 is 43.4 Å². The van der Waals surface area contributed by atoms with Crippen molar-refractivity contribution in [2.75, 3.05) is 37.2 Å². The number of carboxylic acids is 1. The summed E-state index contributed by atoms with van der Waals surface area (Å²) >= 11 is 2.95. The number of amides is 3. The number of aliphatic hydroxyl groups is 1. The molecule has 4 atom stereocenters. The summed E-state index contributed by atoms with van der Waals surface area (Å²) in [4.78, 5) is 52.9. The molecule has 0 aliphatic rings. The van der Waals surface area contributed by atoms with E-state index in [0.717, 1.165) is 0 Å². The molecule has 3 amide bonds. The first-order valence-electron chi connectivity index (χ1n) is 10.6. The Morgan fingerprint density at radius 2 is 1.38 bits per heavy atom. The zero-order valence-corrected chi connectivity index (χ0v) is 21.1. The maximum atomic E-state index is 12.8. The van der Waals surface area contributed by atoms with Gasteiger partial charge >= 0.3 is 5.97 Å². The molecule has 0 aromatic rings. The zero-order chi connectivity index (χ0) is 26.1. The summed E-state index contributed by atoms with van der Waals surface area (Å²) in [5.74, 6) is -2.29. The van der Waals surface area contributed by atoms with Crippen LogP contribution in [0, 0.1) is 0 Å². The fraction of sp³-hybridized carbons (Fsp3) is 0.737. The molecule has 0 aromatic carbocycles. The van der Waals surface area contributed by atoms with Crippen LogP contribution in [0.25, 0.3) is 0 Å². The molecule has 0 aromatic heterocycles. The van der Waals surface area contributed by atoms with Crippen LogP contribution in [0.3, 0.4) is 0 Å². The van der Waals surface area contributed by atoms with E-state index in [4.69, 9.17) is 17.2 Å². The largest absolute Gasteiger partial charge is 0.480 e. The Labute approximate surface area is 207 Å². The van der Waals surface area contributed by atoms with Crippen molar-refractivity contribution in [2.24, 2.45) is 22.2 Å². The lowest BCUT2D eigenvalue weighted by Gasteiger charge is -2.24. The van der Waals surface area contributed by atoms with Gasteiger partial charge in [-0.2, -0.15) is 23.5 Å². The molecule has 0 radical (unpaired) electrons. The van der Waals surface area contributed by atoms with Crippen molar-refractivity contribution < 1.29 is 29.4 Å². The van der Waals surface area contributed by atoms with Gasteiger partial charge in [0.15, 0.2) is 5.96 Å². The van der Waals surface area contributed by atoms with Crippen molar-refractivity contribution in [2.45, 2.75) is 49.9 Å². The van der Waals surface area contributed by atoms with E-state index in [9.17, 15) is 29.4 Å². The molecule has 11 N–H and O–H groups in total. The van der Waals surface area contributed by atoms with Gasteiger partial charge in [-0.15, -0.1) is 0 Å². The SMILES string of the molecule is CSCCC(N)C(=O)NC(CO)C(=O)NC(CCSC)C(=O)NC(CCCN=C(N)N)C(=O)O. The highest BCUT2D eigenvalue weighted by Crippen LogP contribution is 2.05. The number of carbonyl (C=O) groups is 4. The van der Waals surface area contributed by atoms with E-state index in [-0.39, 0.29) is 25.3 Å². The Morgan fingerprint density at radius 1 is 0.853 bits per heavy atom. The molecule has 0 bridgehead atoms. The minimum absolute atomic E-state index is 0.0737. The van der Waals surface area contributed by atoms with Gasteiger partial charge in [-0.05, 0) is 49.7 Å². The number of hydrogen-bond donors (Lipinski definition) is 8. The van der Waals surface area contributed by atoms with Crippen LogP contribution in [-0.2, 0) is 19.2 Å². The second kappa shape index (κ2) is 18.1. The van der Waals surface area contributed by atoms with Crippen LogP contribution < -0.4 is 33.2 Å². The predicted octanol–water partition coefficient (Wildman–Crippen LogP) is -2.60. The summed E-state index contributed by atoms with van der Waals surface area (Å²) < 4.78 is 0. The van der Waals surface area contributed by atoms with E-state index in [0.29, 0.717) is 24.3 Å². The molecule has 0 aliphatic heterocycles. The molecule has 15 heteroatoms. The quantitative estimate of drug-likeness (QED) is 0.0527. The van der Waals surface area contributed by atoms with Crippen molar-refractivity contribution in [3.8, 4) is 0 Å². The topological polar surface area (TPSA) is 235 Å². The molecular weight excluding hydrogens is 486 g/mol. The second-order valence-corrected chi connectivity index (χ2v) is 9.29. The minimum atomic E-state index is -1.31. The van der Waals surface area contributed by atoms with E-state index in [1.165, 1.54) is 23.5 Å². The summed E-state index contributed by atoms with van der Waals surface area (Å²) in [5, 5.41) is 26.3. The fourth-order valence-corrected chi connectivity index (χ4v) is 3.62. The molecule has 34 heavy (non-hydrogen) atoms. The fourth-order valence-electron chi connectivity index (χ4n) is 2.66. The molecule has 0 spiro atoms. The Kier molecular flexibility index (Phi) is 17.0. The van der Waals surface area contributed by atoms with Crippen molar-refractivity contribution >= 4 is 53.2 Å². The number of nitrogens with two attached hydrogens (primary N) is 3. The van der Waals surface area contributed by atoms with Crippen LogP contribution in [0.2, 0.25) is 0 Å². The molecule has 0 aliphatic carbocycles. The molecule has 0 heterocycles. The summed E-state index contributed by atoms with van der Waals surface area (Å²) in [6.45, 7) is -0.502. The number of carbonyl (C=O) groups excluding carboxylic acids is 3. The van der Waals surface area contributed by atoms with Crippen LogP contribution in [0.15, 0.2) is 4.99 Å². The van der Waals surface area contributed by atoms with Gasteiger partial charge in [0.2, 0.25) is 17.7 Å². The Hall–Kier alpha value is -2.23. The van der Waals surface area contributed by atoms with E-state index in [2.05, 4.69) is 20.9 Å². The maximum Gasteiger partial charge on any atom is 0.326 e. The van der Waals surface area contributed by atoms with Crippen LogP contribution in [-0.4, -0.2) is 101 Å². The van der Waals surface area contributed by atoms with E-state index >= 15 is 0 Å². The standard InChI is InChI=1S/C19H37N7O6S2/c1-33-8-5-11(20)15(28)26-14(10-27)17(30)24-12(6-9-34-2)16(29)25-13(18(31)32)4-3-7-23-19(21)22/h11-14,27H,3-10,20H2,1-2H3,(H,24,30)(H,25,29)(H,26,28)(H,31,32)(H4,21,22,23). The number of aliphatic carboxylic acids is 1. The van der Waals surface area contributed by atoms with Gasteiger partial charge in [0.1, 0.15) is 18.1 Å². The molecule has 0 rings (SSSR count). The lowest BCUT2D eigenvalue weighted by Crippen LogP contribution is -2.58. The minimum Gasteiger partial charge on any atom is -0.480 e. The van der Waals surface area contributed by atoms with Crippen LogP contribution >= 0.6 is 23.5 Å². The van der Waals surface area contributed by atoms with E-state index in [1.807, 2.05) is 12.5 Å². The third-order valence-electron chi connectivity index (χ3n) is 4.59. The number of rotatable bonds is 18. The first-order chi connectivity index (χ1) is 16.1. The van der Waals surface area contributed by atoms with Crippen molar-refractivity contribution in [1.82, 2.24) is 16.0 Å². The number of carboxylic acid groups (broad SMARTS) is 1. The maximum absolute atomic E-state index is 12.8. The Balaban J connectivity index is 5.16. The van der Waals surface area contributed by atoms with Crippen molar-refractivity contribution in [3.63, 3.8) is 0 Å².